The normalized spacial score (nSPS) is 16.5. The Labute approximate surface area is 179 Å². The summed E-state index contributed by atoms with van der Waals surface area (Å²) in [5, 5.41) is 6.47. The van der Waals surface area contributed by atoms with Crippen LogP contribution in [0.4, 0.5) is 14.5 Å². The Morgan fingerprint density at radius 3 is 2.53 bits per heavy atom. The maximum Gasteiger partial charge on any atom is 0.387 e. The van der Waals surface area contributed by atoms with E-state index in [4.69, 9.17) is 17.0 Å². The number of aryl methyl sites for hydroxylation is 1. The van der Waals surface area contributed by atoms with E-state index in [1.54, 1.807) is 30.0 Å². The van der Waals surface area contributed by atoms with Crippen LogP contribution in [0.2, 0.25) is 0 Å². The molecule has 0 aromatic heterocycles. The summed E-state index contributed by atoms with van der Waals surface area (Å²) < 4.78 is 30.6. The number of anilines is 1. The fraction of sp³-hybridized carbons (Fsp3) is 0.273. The van der Waals surface area contributed by atoms with E-state index in [9.17, 15) is 13.6 Å². The Hall–Kier alpha value is -3.00. The third-order valence-electron chi connectivity index (χ3n) is 5.00. The first-order chi connectivity index (χ1) is 14.3. The van der Waals surface area contributed by atoms with E-state index in [0.29, 0.717) is 34.2 Å². The molecule has 0 spiro atoms. The lowest BCUT2D eigenvalue weighted by atomic mass is 9.93. The molecule has 1 amide bonds. The van der Waals surface area contributed by atoms with Crippen LogP contribution in [-0.2, 0) is 4.79 Å². The number of carbonyl (C=O) groups excluding carboxylic acids is 1. The molecule has 0 radical (unpaired) electrons. The van der Waals surface area contributed by atoms with Crippen molar-refractivity contribution in [2.24, 2.45) is 0 Å². The molecule has 1 aliphatic heterocycles. The van der Waals surface area contributed by atoms with Gasteiger partial charge in [0.1, 0.15) is 5.75 Å². The number of thiocarbonyl (C=S) groups is 1. The fourth-order valence-corrected chi connectivity index (χ4v) is 3.90. The van der Waals surface area contributed by atoms with Crippen molar-refractivity contribution in [1.82, 2.24) is 10.2 Å². The highest BCUT2D eigenvalue weighted by Gasteiger charge is 2.35. The number of nitrogens with zero attached hydrogens (tertiary/aromatic N) is 1. The van der Waals surface area contributed by atoms with Crippen LogP contribution in [0.1, 0.15) is 31.0 Å². The Morgan fingerprint density at radius 2 is 1.87 bits per heavy atom. The van der Waals surface area contributed by atoms with Crippen LogP contribution in [-0.4, -0.2) is 29.1 Å². The van der Waals surface area contributed by atoms with Crippen LogP contribution < -0.4 is 15.4 Å². The number of nitrogens with one attached hydrogen (secondary N) is 2. The summed E-state index contributed by atoms with van der Waals surface area (Å²) in [6, 6.07) is 13.1. The van der Waals surface area contributed by atoms with Gasteiger partial charge < -0.3 is 20.3 Å². The number of alkyl halides is 2. The number of carbonyl (C=O) groups is 1. The van der Waals surface area contributed by atoms with Crippen LogP contribution >= 0.6 is 12.2 Å². The van der Waals surface area contributed by atoms with Gasteiger partial charge in [-0.2, -0.15) is 8.78 Å². The predicted octanol–water partition coefficient (Wildman–Crippen LogP) is 4.76. The maximum absolute atomic E-state index is 13.3. The summed E-state index contributed by atoms with van der Waals surface area (Å²) in [5.74, 6) is -0.348. The van der Waals surface area contributed by atoms with Gasteiger partial charge in [-0.15, -0.1) is 0 Å². The van der Waals surface area contributed by atoms with Gasteiger partial charge in [-0.3, -0.25) is 4.79 Å². The van der Waals surface area contributed by atoms with Crippen molar-refractivity contribution < 1.29 is 18.3 Å². The van der Waals surface area contributed by atoms with E-state index in [-0.39, 0.29) is 11.7 Å². The second-order valence-electron chi connectivity index (χ2n) is 6.81. The molecule has 1 heterocycles. The molecule has 0 bridgehead atoms. The molecule has 30 heavy (non-hydrogen) atoms. The molecule has 3 rings (SSSR count). The number of allylic oxidation sites excluding steroid dienone is 1. The van der Waals surface area contributed by atoms with Gasteiger partial charge >= 0.3 is 6.61 Å². The van der Waals surface area contributed by atoms with E-state index in [0.717, 1.165) is 5.56 Å². The van der Waals surface area contributed by atoms with Gasteiger partial charge in [0.25, 0.3) is 5.91 Å². The van der Waals surface area contributed by atoms with E-state index in [1.165, 1.54) is 6.07 Å². The monoisotopic (exact) mass is 431 g/mol. The first kappa shape index (κ1) is 21.7. The summed E-state index contributed by atoms with van der Waals surface area (Å²) >= 11 is 5.46. The molecule has 0 aliphatic carbocycles. The largest absolute Gasteiger partial charge is 0.434 e. The number of halogens is 2. The molecule has 0 fully saturated rings. The third kappa shape index (κ3) is 4.43. The number of rotatable bonds is 6. The van der Waals surface area contributed by atoms with Crippen LogP contribution in [0.3, 0.4) is 0 Å². The Morgan fingerprint density at radius 1 is 1.20 bits per heavy atom. The molecule has 158 valence electrons. The summed E-state index contributed by atoms with van der Waals surface area (Å²) in [4.78, 5) is 15.1. The van der Waals surface area contributed by atoms with Crippen LogP contribution in [0.5, 0.6) is 5.75 Å². The van der Waals surface area contributed by atoms with Gasteiger partial charge in [-0.1, -0.05) is 36.4 Å². The average molecular weight is 432 g/mol. The molecule has 1 aliphatic rings. The molecule has 5 nitrogen and oxygen atoms in total. The molecular weight excluding hydrogens is 408 g/mol. The SMILES string of the molecule is CCN1C(=S)NC(c2ccccc2OC(F)F)C(C(=O)Nc2ccccc2C)=C1C. The Balaban J connectivity index is 2.08. The molecule has 1 unspecified atom stereocenters. The average Bonchev–Trinajstić information content (AvgIpc) is 2.69. The topological polar surface area (TPSA) is 53.6 Å². The van der Waals surface area contributed by atoms with Crippen molar-refractivity contribution in [2.75, 3.05) is 11.9 Å². The lowest BCUT2D eigenvalue weighted by Gasteiger charge is -2.37. The molecule has 1 atom stereocenters. The number of hydrogen-bond donors (Lipinski definition) is 2. The highest BCUT2D eigenvalue weighted by molar-refractivity contribution is 7.80. The Bertz CT molecular complexity index is 994. The molecular formula is C22H23F2N3O2S. The number of benzene rings is 2. The molecule has 2 N–H and O–H groups in total. The van der Waals surface area contributed by atoms with Crippen molar-refractivity contribution in [3.63, 3.8) is 0 Å². The van der Waals surface area contributed by atoms with Gasteiger partial charge in [0, 0.05) is 23.5 Å². The number of ether oxygens (including phenoxy) is 1. The minimum Gasteiger partial charge on any atom is -0.434 e. The second kappa shape index (κ2) is 9.21. The van der Waals surface area contributed by atoms with Crippen LogP contribution in [0.15, 0.2) is 59.8 Å². The standard InChI is InChI=1S/C22H23F2N3O2S/c1-4-27-14(3)18(20(28)25-16-11-7-5-9-13(16)2)19(26-22(27)30)15-10-6-8-12-17(15)29-21(23)24/h5-12,19,21H,4H2,1-3H3,(H,25,28)(H,26,30). The zero-order chi connectivity index (χ0) is 21.8. The summed E-state index contributed by atoms with van der Waals surface area (Å²) in [5.41, 5.74) is 3.04. The van der Waals surface area contributed by atoms with Gasteiger partial charge in [0.05, 0.1) is 11.6 Å². The Kier molecular flexibility index (Phi) is 6.66. The first-order valence-corrected chi connectivity index (χ1v) is 9.93. The highest BCUT2D eigenvalue weighted by Crippen LogP contribution is 2.36. The summed E-state index contributed by atoms with van der Waals surface area (Å²) in [6.07, 6.45) is 0. The maximum atomic E-state index is 13.3. The molecule has 0 saturated carbocycles. The van der Waals surface area contributed by atoms with Crippen molar-refractivity contribution in [2.45, 2.75) is 33.4 Å². The van der Waals surface area contributed by atoms with Crippen molar-refractivity contribution in [1.29, 1.82) is 0 Å². The van der Waals surface area contributed by atoms with Crippen LogP contribution in [0, 0.1) is 6.92 Å². The van der Waals surface area contributed by atoms with Crippen molar-refractivity contribution >= 4 is 28.9 Å². The number of amides is 1. The zero-order valence-corrected chi connectivity index (χ0v) is 17.7. The number of para-hydroxylation sites is 2. The van der Waals surface area contributed by atoms with Gasteiger partial charge in [-0.25, -0.2) is 0 Å². The van der Waals surface area contributed by atoms with E-state index >= 15 is 0 Å². The quantitative estimate of drug-likeness (QED) is 0.646. The van der Waals surface area contributed by atoms with Crippen LogP contribution in [0.25, 0.3) is 0 Å². The smallest absolute Gasteiger partial charge is 0.387 e. The lowest BCUT2D eigenvalue weighted by molar-refractivity contribution is -0.113. The van der Waals surface area contributed by atoms with Gasteiger partial charge in [-0.05, 0) is 50.7 Å². The van der Waals surface area contributed by atoms with Gasteiger partial charge in [0.2, 0.25) is 0 Å². The molecule has 0 saturated heterocycles. The van der Waals surface area contributed by atoms with E-state index in [2.05, 4.69) is 10.6 Å². The van der Waals surface area contributed by atoms with Crippen molar-refractivity contribution in [3.8, 4) is 5.75 Å². The predicted molar refractivity (Wildman–Crippen MR) is 116 cm³/mol. The minimum absolute atomic E-state index is 0.00765. The molecule has 8 heteroatoms. The van der Waals surface area contributed by atoms with Crippen molar-refractivity contribution in [3.05, 3.63) is 70.9 Å². The third-order valence-corrected chi connectivity index (χ3v) is 5.33. The molecule has 2 aromatic rings. The first-order valence-electron chi connectivity index (χ1n) is 9.53. The van der Waals surface area contributed by atoms with E-state index in [1.807, 2.05) is 38.1 Å². The highest BCUT2D eigenvalue weighted by atomic mass is 32.1. The minimum atomic E-state index is -2.98. The summed E-state index contributed by atoms with van der Waals surface area (Å²) in [6.45, 7) is 3.19. The van der Waals surface area contributed by atoms with E-state index < -0.39 is 12.7 Å². The second-order valence-corrected chi connectivity index (χ2v) is 7.20. The fourth-order valence-electron chi connectivity index (χ4n) is 3.51. The lowest BCUT2D eigenvalue weighted by Crippen LogP contribution is -2.48. The zero-order valence-electron chi connectivity index (χ0n) is 16.9. The molecule has 2 aromatic carbocycles. The number of hydrogen-bond acceptors (Lipinski definition) is 3. The summed E-state index contributed by atoms with van der Waals surface area (Å²) in [7, 11) is 0. The van der Waals surface area contributed by atoms with Gasteiger partial charge in [0.15, 0.2) is 5.11 Å².